The standard InChI is InChI=1S/C14H25ClN4O2/c1-9-10(11(15)19(6)18-9)14(5,7-16)8-17-12(20)21-13(2,3)4/h7-8,16H2,1-6H3,(H,17,20). The molecule has 0 aliphatic heterocycles. The Labute approximate surface area is 131 Å². The van der Waals surface area contributed by atoms with E-state index in [2.05, 4.69) is 10.4 Å². The highest BCUT2D eigenvalue weighted by atomic mass is 35.5. The molecule has 0 spiro atoms. The molecule has 1 aromatic rings. The predicted molar refractivity (Wildman–Crippen MR) is 83.6 cm³/mol. The van der Waals surface area contributed by atoms with Crippen LogP contribution in [0, 0.1) is 6.92 Å². The van der Waals surface area contributed by atoms with Crippen molar-refractivity contribution in [1.29, 1.82) is 0 Å². The number of aryl methyl sites for hydroxylation is 2. The van der Waals surface area contributed by atoms with Crippen LogP contribution in [0.5, 0.6) is 0 Å². The van der Waals surface area contributed by atoms with Gasteiger partial charge in [0.2, 0.25) is 0 Å². The highest BCUT2D eigenvalue weighted by Gasteiger charge is 2.33. The van der Waals surface area contributed by atoms with Gasteiger partial charge in [-0.3, -0.25) is 4.68 Å². The molecule has 0 aliphatic rings. The lowest BCUT2D eigenvalue weighted by atomic mass is 9.82. The van der Waals surface area contributed by atoms with Crippen molar-refractivity contribution in [1.82, 2.24) is 15.1 Å². The summed E-state index contributed by atoms with van der Waals surface area (Å²) < 4.78 is 6.84. The minimum atomic E-state index is -0.537. The third-order valence-electron chi connectivity index (χ3n) is 3.23. The Morgan fingerprint density at radius 1 is 1.43 bits per heavy atom. The van der Waals surface area contributed by atoms with Gasteiger partial charge in [-0.1, -0.05) is 18.5 Å². The number of amides is 1. The van der Waals surface area contributed by atoms with Crippen LogP contribution in [0.4, 0.5) is 4.79 Å². The zero-order chi connectivity index (χ0) is 16.4. The summed E-state index contributed by atoms with van der Waals surface area (Å²) in [7, 11) is 1.77. The second kappa shape index (κ2) is 6.23. The molecule has 1 atom stereocenters. The summed E-state index contributed by atoms with van der Waals surface area (Å²) in [4.78, 5) is 11.8. The molecule has 0 bridgehead atoms. The van der Waals surface area contributed by atoms with Crippen LogP contribution >= 0.6 is 11.6 Å². The molecule has 0 saturated heterocycles. The van der Waals surface area contributed by atoms with Crippen LogP contribution in [-0.4, -0.2) is 34.6 Å². The van der Waals surface area contributed by atoms with Crippen molar-refractivity contribution < 1.29 is 9.53 Å². The number of halogens is 1. The van der Waals surface area contributed by atoms with E-state index >= 15 is 0 Å². The van der Waals surface area contributed by atoms with E-state index in [1.165, 1.54) is 0 Å². The molecule has 0 saturated carbocycles. The summed E-state index contributed by atoms with van der Waals surface area (Å²) in [6.07, 6.45) is -0.472. The molecule has 1 unspecified atom stereocenters. The molecule has 0 aromatic carbocycles. The highest BCUT2D eigenvalue weighted by molar-refractivity contribution is 6.30. The summed E-state index contributed by atoms with van der Waals surface area (Å²) in [5.41, 5.74) is 6.53. The fraction of sp³-hybridized carbons (Fsp3) is 0.714. The minimum absolute atomic E-state index is 0.324. The maximum Gasteiger partial charge on any atom is 0.407 e. The Morgan fingerprint density at radius 3 is 2.38 bits per heavy atom. The number of nitrogens with zero attached hydrogens (tertiary/aromatic N) is 2. The van der Waals surface area contributed by atoms with Crippen LogP contribution in [0.2, 0.25) is 5.15 Å². The molecule has 0 radical (unpaired) electrons. The number of alkyl carbamates (subject to hydrolysis) is 1. The minimum Gasteiger partial charge on any atom is -0.444 e. The fourth-order valence-electron chi connectivity index (χ4n) is 2.16. The van der Waals surface area contributed by atoms with Crippen molar-refractivity contribution in [2.75, 3.05) is 13.1 Å². The molecule has 3 N–H and O–H groups in total. The Kier molecular flexibility index (Phi) is 5.28. The lowest BCUT2D eigenvalue weighted by molar-refractivity contribution is 0.0516. The molecule has 120 valence electrons. The van der Waals surface area contributed by atoms with Gasteiger partial charge in [0, 0.05) is 31.1 Å². The molecule has 0 aliphatic carbocycles. The van der Waals surface area contributed by atoms with Crippen molar-refractivity contribution in [3.05, 3.63) is 16.4 Å². The third kappa shape index (κ3) is 4.35. The molecule has 6 nitrogen and oxygen atoms in total. The van der Waals surface area contributed by atoms with Gasteiger partial charge in [0.05, 0.1) is 5.69 Å². The van der Waals surface area contributed by atoms with Crippen molar-refractivity contribution in [2.24, 2.45) is 12.8 Å². The van der Waals surface area contributed by atoms with Gasteiger partial charge in [0.15, 0.2) is 0 Å². The van der Waals surface area contributed by atoms with E-state index in [9.17, 15) is 4.79 Å². The quantitative estimate of drug-likeness (QED) is 0.891. The largest absolute Gasteiger partial charge is 0.444 e. The average molecular weight is 317 g/mol. The van der Waals surface area contributed by atoms with Crippen molar-refractivity contribution in [3.8, 4) is 0 Å². The van der Waals surface area contributed by atoms with E-state index < -0.39 is 17.1 Å². The van der Waals surface area contributed by atoms with E-state index in [1.54, 1.807) is 11.7 Å². The smallest absolute Gasteiger partial charge is 0.407 e. The second-order valence-electron chi connectivity index (χ2n) is 6.50. The molecule has 1 aromatic heterocycles. The van der Waals surface area contributed by atoms with Crippen molar-refractivity contribution in [2.45, 2.75) is 45.6 Å². The van der Waals surface area contributed by atoms with E-state index in [4.69, 9.17) is 22.1 Å². The molecule has 0 fully saturated rings. The number of nitrogens with one attached hydrogen (secondary N) is 1. The second-order valence-corrected chi connectivity index (χ2v) is 6.85. The number of aromatic nitrogens is 2. The summed E-state index contributed by atoms with van der Waals surface area (Å²) in [5.74, 6) is 0. The van der Waals surface area contributed by atoms with Gasteiger partial charge in [-0.25, -0.2) is 4.79 Å². The summed E-state index contributed by atoms with van der Waals surface area (Å²) in [6, 6.07) is 0. The van der Waals surface area contributed by atoms with Gasteiger partial charge in [-0.05, 0) is 27.7 Å². The number of rotatable bonds is 4. The van der Waals surface area contributed by atoms with E-state index in [0.717, 1.165) is 11.3 Å². The monoisotopic (exact) mass is 316 g/mol. The Bertz CT molecular complexity index is 522. The molecule has 1 heterocycles. The number of hydrogen-bond donors (Lipinski definition) is 2. The van der Waals surface area contributed by atoms with Crippen LogP contribution in [0.25, 0.3) is 0 Å². The first-order chi connectivity index (χ1) is 9.50. The predicted octanol–water partition coefficient (Wildman–Crippen LogP) is 2.12. The van der Waals surface area contributed by atoms with Gasteiger partial charge >= 0.3 is 6.09 Å². The first kappa shape index (κ1) is 17.8. The fourth-order valence-corrected chi connectivity index (χ4v) is 2.56. The number of hydrogen-bond acceptors (Lipinski definition) is 4. The Morgan fingerprint density at radius 2 is 2.00 bits per heavy atom. The Balaban J connectivity index is 2.89. The first-order valence-corrected chi connectivity index (χ1v) is 7.24. The average Bonchev–Trinajstić information content (AvgIpc) is 2.59. The van der Waals surface area contributed by atoms with Crippen LogP contribution in [-0.2, 0) is 17.2 Å². The van der Waals surface area contributed by atoms with Gasteiger partial charge in [0.25, 0.3) is 0 Å². The number of ether oxygens (including phenoxy) is 1. The molecule has 7 heteroatoms. The topological polar surface area (TPSA) is 82.2 Å². The number of carbonyl (C=O) groups is 1. The highest BCUT2D eigenvalue weighted by Crippen LogP contribution is 2.31. The zero-order valence-electron chi connectivity index (χ0n) is 13.6. The van der Waals surface area contributed by atoms with Crippen molar-refractivity contribution in [3.63, 3.8) is 0 Å². The van der Waals surface area contributed by atoms with E-state index in [1.807, 2.05) is 34.6 Å². The summed E-state index contributed by atoms with van der Waals surface area (Å²) in [5, 5.41) is 7.59. The van der Waals surface area contributed by atoms with Gasteiger partial charge in [-0.15, -0.1) is 0 Å². The van der Waals surface area contributed by atoms with Crippen molar-refractivity contribution >= 4 is 17.7 Å². The maximum atomic E-state index is 11.8. The van der Waals surface area contributed by atoms with Gasteiger partial charge in [-0.2, -0.15) is 5.10 Å². The molecule has 1 amide bonds. The van der Waals surface area contributed by atoms with E-state index in [0.29, 0.717) is 18.2 Å². The van der Waals surface area contributed by atoms with Crippen LogP contribution in [0.15, 0.2) is 0 Å². The first-order valence-electron chi connectivity index (χ1n) is 6.86. The zero-order valence-corrected chi connectivity index (χ0v) is 14.3. The summed E-state index contributed by atoms with van der Waals surface area (Å²) in [6.45, 7) is 9.92. The molecular weight excluding hydrogens is 292 g/mol. The lowest BCUT2D eigenvalue weighted by Gasteiger charge is -2.29. The van der Waals surface area contributed by atoms with E-state index in [-0.39, 0.29) is 0 Å². The van der Waals surface area contributed by atoms with Gasteiger partial charge < -0.3 is 15.8 Å². The lowest BCUT2D eigenvalue weighted by Crippen LogP contribution is -2.45. The molecule has 21 heavy (non-hydrogen) atoms. The van der Waals surface area contributed by atoms with Gasteiger partial charge in [0.1, 0.15) is 10.8 Å². The van der Waals surface area contributed by atoms with Crippen LogP contribution in [0.3, 0.4) is 0 Å². The molecule has 1 rings (SSSR count). The molecular formula is C14H25ClN4O2. The van der Waals surface area contributed by atoms with Crippen LogP contribution < -0.4 is 11.1 Å². The summed E-state index contributed by atoms with van der Waals surface area (Å²) >= 11 is 6.30. The third-order valence-corrected chi connectivity index (χ3v) is 3.66. The maximum absolute atomic E-state index is 11.8. The Hall–Kier alpha value is -1.27. The normalized spacial score (nSPS) is 14.7. The number of carbonyl (C=O) groups excluding carboxylic acids is 1. The number of nitrogens with two attached hydrogens (primary N) is 1. The SMILES string of the molecule is Cc1nn(C)c(Cl)c1C(C)(CN)CNC(=O)OC(C)(C)C. The van der Waals surface area contributed by atoms with Crippen LogP contribution in [0.1, 0.15) is 39.0 Å².